The molecule has 0 aliphatic carbocycles. The van der Waals surface area contributed by atoms with Gasteiger partial charge < -0.3 is 15.2 Å². The number of nitrogens with zero attached hydrogens (tertiary/aromatic N) is 1. The molecule has 1 aromatic carbocycles. The third kappa shape index (κ3) is 3.60. The SMILES string of the molecule is COc1ccc([N+](=O)[O-])c(NC(C)CCO)c1. The van der Waals surface area contributed by atoms with Crippen LogP contribution in [-0.4, -0.2) is 29.8 Å². The Bertz CT molecular complexity index is 395. The maximum Gasteiger partial charge on any atom is 0.292 e. The summed E-state index contributed by atoms with van der Waals surface area (Å²) < 4.78 is 5.02. The number of nitrogens with one attached hydrogen (secondary N) is 1. The third-order valence-corrected chi connectivity index (χ3v) is 2.36. The molecule has 2 N–H and O–H groups in total. The summed E-state index contributed by atoms with van der Waals surface area (Å²) in [4.78, 5) is 10.4. The second-order valence-electron chi connectivity index (χ2n) is 3.70. The molecule has 0 spiro atoms. The molecule has 1 unspecified atom stereocenters. The fraction of sp³-hybridized carbons (Fsp3) is 0.455. The summed E-state index contributed by atoms with van der Waals surface area (Å²) in [6.07, 6.45) is 0.522. The summed E-state index contributed by atoms with van der Waals surface area (Å²) >= 11 is 0. The number of methoxy groups -OCH3 is 1. The molecular formula is C11H16N2O4. The molecule has 0 aliphatic rings. The Morgan fingerprint density at radius 2 is 2.29 bits per heavy atom. The predicted molar refractivity (Wildman–Crippen MR) is 64.4 cm³/mol. The van der Waals surface area contributed by atoms with Gasteiger partial charge in [-0.2, -0.15) is 0 Å². The van der Waals surface area contributed by atoms with Crippen molar-refractivity contribution in [2.45, 2.75) is 19.4 Å². The van der Waals surface area contributed by atoms with Gasteiger partial charge in [0.1, 0.15) is 11.4 Å². The van der Waals surface area contributed by atoms with E-state index in [1.807, 2.05) is 6.92 Å². The zero-order valence-electron chi connectivity index (χ0n) is 9.84. The van der Waals surface area contributed by atoms with E-state index in [0.717, 1.165) is 0 Å². The highest BCUT2D eigenvalue weighted by Crippen LogP contribution is 2.29. The van der Waals surface area contributed by atoms with Gasteiger partial charge in [-0.3, -0.25) is 10.1 Å². The molecule has 0 amide bonds. The number of hydrogen-bond donors (Lipinski definition) is 2. The molecule has 0 aliphatic heterocycles. The van der Waals surface area contributed by atoms with Crippen molar-refractivity contribution in [1.82, 2.24) is 0 Å². The van der Waals surface area contributed by atoms with Crippen LogP contribution in [0.3, 0.4) is 0 Å². The fourth-order valence-corrected chi connectivity index (χ4v) is 1.45. The van der Waals surface area contributed by atoms with Crippen LogP contribution in [0.1, 0.15) is 13.3 Å². The minimum Gasteiger partial charge on any atom is -0.497 e. The van der Waals surface area contributed by atoms with Gasteiger partial charge >= 0.3 is 0 Å². The Kier molecular flexibility index (Phi) is 4.71. The van der Waals surface area contributed by atoms with E-state index in [1.165, 1.54) is 13.2 Å². The Morgan fingerprint density at radius 3 is 2.82 bits per heavy atom. The van der Waals surface area contributed by atoms with E-state index in [2.05, 4.69) is 5.32 Å². The number of ether oxygens (including phenoxy) is 1. The average molecular weight is 240 g/mol. The van der Waals surface area contributed by atoms with Crippen LogP contribution < -0.4 is 10.1 Å². The lowest BCUT2D eigenvalue weighted by Gasteiger charge is -2.14. The number of benzene rings is 1. The topological polar surface area (TPSA) is 84.6 Å². The normalized spacial score (nSPS) is 11.9. The van der Waals surface area contributed by atoms with Crippen LogP contribution in [0.2, 0.25) is 0 Å². The molecule has 94 valence electrons. The number of aliphatic hydroxyl groups is 1. The minimum absolute atomic E-state index is 0.00408. The number of anilines is 1. The molecule has 0 fully saturated rings. The summed E-state index contributed by atoms with van der Waals surface area (Å²) in [5.41, 5.74) is 0.394. The van der Waals surface area contributed by atoms with E-state index >= 15 is 0 Å². The largest absolute Gasteiger partial charge is 0.497 e. The van der Waals surface area contributed by atoms with Gasteiger partial charge in [0.2, 0.25) is 0 Å². The number of hydrogen-bond acceptors (Lipinski definition) is 5. The van der Waals surface area contributed by atoms with E-state index in [0.29, 0.717) is 17.9 Å². The van der Waals surface area contributed by atoms with Gasteiger partial charge in [0.15, 0.2) is 0 Å². The number of aliphatic hydroxyl groups excluding tert-OH is 1. The van der Waals surface area contributed by atoms with Crippen LogP contribution in [0.5, 0.6) is 5.75 Å². The van der Waals surface area contributed by atoms with E-state index in [1.54, 1.807) is 12.1 Å². The molecule has 1 aromatic rings. The van der Waals surface area contributed by atoms with Crippen LogP contribution in [0.4, 0.5) is 11.4 Å². The van der Waals surface area contributed by atoms with Gasteiger partial charge in [-0.25, -0.2) is 0 Å². The zero-order chi connectivity index (χ0) is 12.8. The maximum absolute atomic E-state index is 10.8. The third-order valence-electron chi connectivity index (χ3n) is 2.36. The van der Waals surface area contributed by atoms with E-state index in [4.69, 9.17) is 9.84 Å². The first-order valence-corrected chi connectivity index (χ1v) is 5.28. The molecule has 17 heavy (non-hydrogen) atoms. The highest BCUT2D eigenvalue weighted by Gasteiger charge is 2.16. The smallest absolute Gasteiger partial charge is 0.292 e. The summed E-state index contributed by atoms with van der Waals surface area (Å²) in [5.74, 6) is 0.550. The molecule has 0 saturated carbocycles. The molecule has 6 heteroatoms. The van der Waals surface area contributed by atoms with Gasteiger partial charge in [-0.1, -0.05) is 0 Å². The Balaban J connectivity index is 2.96. The highest BCUT2D eigenvalue weighted by molar-refractivity contribution is 5.64. The van der Waals surface area contributed by atoms with Crippen LogP contribution in [0.25, 0.3) is 0 Å². The van der Waals surface area contributed by atoms with Gasteiger partial charge in [-0.15, -0.1) is 0 Å². The Hall–Kier alpha value is -1.82. The van der Waals surface area contributed by atoms with Crippen molar-refractivity contribution < 1.29 is 14.8 Å². The zero-order valence-corrected chi connectivity index (χ0v) is 9.84. The first-order chi connectivity index (χ1) is 8.08. The highest BCUT2D eigenvalue weighted by atomic mass is 16.6. The molecule has 0 aromatic heterocycles. The molecule has 6 nitrogen and oxygen atoms in total. The summed E-state index contributed by atoms with van der Waals surface area (Å²) in [6.45, 7) is 1.88. The fourth-order valence-electron chi connectivity index (χ4n) is 1.45. The van der Waals surface area contributed by atoms with Crippen molar-refractivity contribution in [1.29, 1.82) is 0 Å². The lowest BCUT2D eigenvalue weighted by atomic mass is 10.2. The Morgan fingerprint density at radius 1 is 1.59 bits per heavy atom. The molecule has 0 heterocycles. The van der Waals surface area contributed by atoms with Crippen LogP contribution >= 0.6 is 0 Å². The van der Waals surface area contributed by atoms with Crippen molar-refractivity contribution in [3.8, 4) is 5.75 Å². The van der Waals surface area contributed by atoms with E-state index in [9.17, 15) is 10.1 Å². The molecule has 0 bridgehead atoms. The van der Waals surface area contributed by atoms with E-state index < -0.39 is 4.92 Å². The van der Waals surface area contributed by atoms with Crippen LogP contribution in [-0.2, 0) is 0 Å². The van der Waals surface area contributed by atoms with Crippen molar-refractivity contribution >= 4 is 11.4 Å². The molecular weight excluding hydrogens is 224 g/mol. The maximum atomic E-state index is 10.8. The second-order valence-corrected chi connectivity index (χ2v) is 3.70. The van der Waals surface area contributed by atoms with Crippen LogP contribution in [0.15, 0.2) is 18.2 Å². The first kappa shape index (κ1) is 13.2. The summed E-state index contributed by atoms with van der Waals surface area (Å²) in [6, 6.07) is 4.46. The molecule has 0 saturated heterocycles. The van der Waals surface area contributed by atoms with Gasteiger partial charge in [-0.05, 0) is 19.4 Å². The van der Waals surface area contributed by atoms with Crippen molar-refractivity contribution in [2.24, 2.45) is 0 Å². The Labute approximate surface area is 99.4 Å². The van der Waals surface area contributed by atoms with Gasteiger partial charge in [0.05, 0.1) is 12.0 Å². The van der Waals surface area contributed by atoms with Gasteiger partial charge in [0.25, 0.3) is 5.69 Å². The number of nitro benzene ring substituents is 1. The predicted octanol–water partition coefficient (Wildman–Crippen LogP) is 1.79. The van der Waals surface area contributed by atoms with Crippen molar-refractivity contribution in [2.75, 3.05) is 19.0 Å². The lowest BCUT2D eigenvalue weighted by Crippen LogP contribution is -2.17. The van der Waals surface area contributed by atoms with Crippen molar-refractivity contribution in [3.05, 3.63) is 28.3 Å². The quantitative estimate of drug-likeness (QED) is 0.585. The number of rotatable bonds is 6. The van der Waals surface area contributed by atoms with E-state index in [-0.39, 0.29) is 18.3 Å². The van der Waals surface area contributed by atoms with Gasteiger partial charge in [0, 0.05) is 24.8 Å². The molecule has 0 radical (unpaired) electrons. The van der Waals surface area contributed by atoms with Crippen molar-refractivity contribution in [3.63, 3.8) is 0 Å². The number of nitro groups is 1. The minimum atomic E-state index is -0.451. The standard InChI is InChI=1S/C11H16N2O4/c1-8(5-6-14)12-10-7-9(17-2)3-4-11(10)13(15)16/h3-4,7-8,12,14H,5-6H2,1-2H3. The summed E-state index contributed by atoms with van der Waals surface area (Å²) in [7, 11) is 1.50. The molecule has 1 rings (SSSR count). The average Bonchev–Trinajstić information content (AvgIpc) is 2.28. The van der Waals surface area contributed by atoms with Crippen LogP contribution in [0, 0.1) is 10.1 Å². The summed E-state index contributed by atoms with van der Waals surface area (Å²) in [5, 5.41) is 22.6. The second kappa shape index (κ2) is 6.05. The first-order valence-electron chi connectivity index (χ1n) is 5.28. The monoisotopic (exact) mass is 240 g/mol. The molecule has 1 atom stereocenters. The lowest BCUT2D eigenvalue weighted by molar-refractivity contribution is -0.384.